The third-order valence-electron chi connectivity index (χ3n) is 23.6. The van der Waals surface area contributed by atoms with Gasteiger partial charge in [-0.05, 0) is 113 Å². The molecule has 6 rings (SSSR count). The van der Waals surface area contributed by atoms with Crippen LogP contribution in [0.25, 0.3) is 0 Å². The van der Waals surface area contributed by atoms with E-state index in [0.29, 0.717) is 44.4 Å². The van der Waals surface area contributed by atoms with Crippen LogP contribution in [0.15, 0.2) is 12.2 Å². The lowest BCUT2D eigenvalue weighted by molar-refractivity contribution is -0.184. The first-order valence-electron chi connectivity index (χ1n) is 38.5. The van der Waals surface area contributed by atoms with Gasteiger partial charge in [0.2, 0.25) is 70.9 Å². The monoisotopic (exact) mass is 1500 g/mol. The number of amides is 12. The van der Waals surface area contributed by atoms with Crippen molar-refractivity contribution in [3.05, 3.63) is 12.2 Å². The zero-order valence-electron chi connectivity index (χ0n) is 65.6. The van der Waals surface area contributed by atoms with E-state index in [-0.39, 0.29) is 89.8 Å². The maximum Gasteiger partial charge on any atom is 0.393 e. The third-order valence-corrected chi connectivity index (χ3v) is 24.1. The molecule has 0 aromatic rings. The SMILES string of the molecule is CCC[C@H]1C(=O)N[C@@H]([C@@H](C)CC)C(=O)N(C)CC(=O)N(C)[C@H]2C/C=C\CCN(C2=O)[C@@H](CC2CCC(C)CC2)C(=O)N(C)CC(=O)N[C@@H](CCC2CCC(Cl)C(C(F)(F)F)C2)C(=O)N2C[C@H](OCC)C[C@H]2C(=O)NC2(CC(C)(C)C2)C(=O)N(C)[C@@H](C(CC)CC)C(=O)N(C)[C@H](C(=O)N(C)C)CC(=O)N1C. The summed E-state index contributed by atoms with van der Waals surface area (Å²) in [5.74, 6) is -11.1. The first-order valence-corrected chi connectivity index (χ1v) is 38.9. The van der Waals surface area contributed by atoms with Crippen LogP contribution in [0.3, 0.4) is 0 Å². The van der Waals surface area contributed by atoms with Gasteiger partial charge in [-0.15, -0.1) is 11.6 Å². The van der Waals surface area contributed by atoms with Gasteiger partial charge in [0, 0.05) is 87.9 Å². The Morgan fingerprint density at radius 2 is 1.30 bits per heavy atom. The molecular weight excluding hydrogens is 1380 g/mol. The van der Waals surface area contributed by atoms with E-state index in [1.165, 1.54) is 95.6 Å². The molecule has 3 unspecified atom stereocenters. The number of nitrogens with zero attached hydrogens (tertiary/aromatic N) is 9. The maximum atomic E-state index is 15.8. The predicted molar refractivity (Wildman–Crippen MR) is 392 cm³/mol. The fourth-order valence-electron chi connectivity index (χ4n) is 17.1. The molecule has 3 saturated carbocycles. The van der Waals surface area contributed by atoms with E-state index in [1.54, 1.807) is 19.9 Å². The molecule has 594 valence electrons. The molecule has 0 radical (unpaired) electrons. The van der Waals surface area contributed by atoms with Crippen molar-refractivity contribution in [3.63, 3.8) is 0 Å². The molecule has 29 heteroatoms. The molecule has 2 bridgehead atoms. The minimum absolute atomic E-state index is 0.0149. The topological polar surface area (TPSA) is 279 Å². The zero-order chi connectivity index (χ0) is 78.5. The van der Waals surface area contributed by atoms with Crippen molar-refractivity contribution >= 4 is 82.5 Å². The summed E-state index contributed by atoms with van der Waals surface area (Å²) in [6.07, 6.45) is 3.15. The summed E-state index contributed by atoms with van der Waals surface area (Å²) in [5.41, 5.74) is -2.22. The summed E-state index contributed by atoms with van der Waals surface area (Å²) in [6.45, 7) is 15.7. The standard InChI is InChI=1S/C76H124ClF3N12O13/c1-18-26-55-65(96)82-63(47(7)19-2)71(102)86(13)43-62(95)88(15)56-27-24-23-25-36-91(70(56)101)59(38-49-30-28-46(6)29-31-49)69(100)85(12)42-60(93)81-54(35-33-48-32-34-53(77)52(37-48)76(78,79)80)67(98)92-41-51(105-22-5)39-57(92)66(97)83-75(44-74(8,9)45-75)73(104)90(17)64(50(20-3)21-4)72(103)89(16)58(68(99)84(10)11)40-61(94)87(55)14/h23-24,46-59,63-64H,18-22,25-45H2,1-17H3,(H,81,93)(H,82,96)(H,83,97)/b24-23-/t46?,47-,48?,49?,51+,52?,53?,54-,55-,56-,57-,58-,59-,63-,64-/m0/s1. The number of carbonyl (C=O) groups is 12. The molecule has 2 saturated heterocycles. The van der Waals surface area contributed by atoms with Crippen molar-refractivity contribution in [2.75, 3.05) is 89.2 Å². The number of ether oxygens (including phenoxy) is 1. The minimum atomic E-state index is -4.61. The van der Waals surface area contributed by atoms with Crippen LogP contribution >= 0.6 is 11.6 Å². The van der Waals surface area contributed by atoms with Crippen molar-refractivity contribution in [2.45, 2.75) is 269 Å². The van der Waals surface area contributed by atoms with Gasteiger partial charge < -0.3 is 64.8 Å². The zero-order valence-corrected chi connectivity index (χ0v) is 66.4. The van der Waals surface area contributed by atoms with Gasteiger partial charge in [-0.1, -0.05) is 119 Å². The molecule has 6 aliphatic rings. The van der Waals surface area contributed by atoms with Crippen molar-refractivity contribution in [1.29, 1.82) is 0 Å². The molecule has 5 fully saturated rings. The van der Waals surface area contributed by atoms with Crippen LogP contribution in [0.4, 0.5) is 13.2 Å². The summed E-state index contributed by atoms with van der Waals surface area (Å²) in [5, 5.41) is 7.63. The van der Waals surface area contributed by atoms with Crippen LogP contribution in [0.2, 0.25) is 0 Å². The Hall–Kier alpha value is -6.58. The van der Waals surface area contributed by atoms with Crippen LogP contribution < -0.4 is 16.0 Å². The summed E-state index contributed by atoms with van der Waals surface area (Å²) in [4.78, 5) is 193. The van der Waals surface area contributed by atoms with E-state index in [2.05, 4.69) is 22.9 Å². The highest BCUT2D eigenvalue weighted by Crippen LogP contribution is 2.50. The quantitative estimate of drug-likeness (QED) is 0.113. The largest absolute Gasteiger partial charge is 0.393 e. The fraction of sp³-hybridized carbons (Fsp3) is 0.816. The van der Waals surface area contributed by atoms with Gasteiger partial charge >= 0.3 is 6.18 Å². The molecule has 1 spiro atoms. The molecule has 3 heterocycles. The van der Waals surface area contributed by atoms with Crippen LogP contribution in [0.1, 0.15) is 197 Å². The smallest absolute Gasteiger partial charge is 0.377 e. The summed E-state index contributed by atoms with van der Waals surface area (Å²) < 4.78 is 49.6. The average Bonchev–Trinajstić information content (AvgIpc) is 1.28. The van der Waals surface area contributed by atoms with Crippen molar-refractivity contribution in [2.24, 2.45) is 40.9 Å². The third kappa shape index (κ3) is 21.6. The number of fused-ring (bicyclic) bond motifs is 3. The normalized spacial score (nSPS) is 31.2. The number of carbonyl (C=O) groups excluding carboxylic acids is 12. The Labute approximate surface area is 626 Å². The van der Waals surface area contributed by atoms with E-state index in [0.717, 1.165) is 30.6 Å². The van der Waals surface area contributed by atoms with Gasteiger partial charge in [0.25, 0.3) is 0 Å². The summed E-state index contributed by atoms with van der Waals surface area (Å²) >= 11 is 6.30. The number of likely N-dealkylation sites (N-methyl/N-ethyl adjacent to an activating group) is 7. The molecule has 12 amide bonds. The van der Waals surface area contributed by atoms with Crippen molar-refractivity contribution in [3.8, 4) is 0 Å². The molecule has 25 nitrogen and oxygen atoms in total. The van der Waals surface area contributed by atoms with E-state index in [4.69, 9.17) is 16.3 Å². The van der Waals surface area contributed by atoms with Gasteiger partial charge in [-0.3, -0.25) is 57.5 Å². The van der Waals surface area contributed by atoms with Gasteiger partial charge in [0.15, 0.2) is 0 Å². The molecular formula is C76H124ClF3N12O13. The number of alkyl halides is 4. The molecule has 3 aliphatic carbocycles. The Morgan fingerprint density at radius 1 is 0.676 bits per heavy atom. The Morgan fingerprint density at radius 3 is 1.89 bits per heavy atom. The predicted octanol–water partition coefficient (Wildman–Crippen LogP) is 6.77. The van der Waals surface area contributed by atoms with Crippen molar-refractivity contribution < 1.29 is 75.4 Å². The lowest BCUT2D eigenvalue weighted by Crippen LogP contribution is -2.71. The lowest BCUT2D eigenvalue weighted by Gasteiger charge is -2.54. The Balaban J connectivity index is 1.49. The molecule has 3 aliphatic heterocycles. The van der Waals surface area contributed by atoms with Crippen molar-refractivity contribution in [1.82, 2.24) is 60.0 Å². The van der Waals surface area contributed by atoms with Gasteiger partial charge in [-0.2, -0.15) is 13.2 Å². The summed E-state index contributed by atoms with van der Waals surface area (Å²) in [7, 11) is 11.4. The Kier molecular flexibility index (Phi) is 31.6. The molecule has 0 aromatic carbocycles. The highest BCUT2D eigenvalue weighted by Gasteiger charge is 2.59. The molecule has 13 atom stereocenters. The maximum absolute atomic E-state index is 15.8. The molecule has 0 aromatic heterocycles. The first kappa shape index (κ1) is 87.3. The second kappa shape index (κ2) is 38.0. The minimum Gasteiger partial charge on any atom is -0.377 e. The highest BCUT2D eigenvalue weighted by molar-refractivity contribution is 6.20. The lowest BCUT2D eigenvalue weighted by atomic mass is 9.58. The van der Waals surface area contributed by atoms with Crippen LogP contribution in [-0.4, -0.2) is 276 Å². The van der Waals surface area contributed by atoms with Crippen LogP contribution in [0.5, 0.6) is 0 Å². The second-order valence-electron chi connectivity index (χ2n) is 32.3. The van der Waals surface area contributed by atoms with Gasteiger partial charge in [0.1, 0.15) is 53.9 Å². The van der Waals surface area contributed by atoms with Gasteiger partial charge in [-0.25, -0.2) is 0 Å². The summed E-state index contributed by atoms with van der Waals surface area (Å²) in [6, 6.07) is -10.3. The van der Waals surface area contributed by atoms with E-state index >= 15 is 28.8 Å². The van der Waals surface area contributed by atoms with Gasteiger partial charge in [0.05, 0.1) is 31.5 Å². The van der Waals surface area contributed by atoms with E-state index in [9.17, 15) is 41.9 Å². The number of rotatable bonds is 15. The molecule has 3 N–H and O–H groups in total. The van der Waals surface area contributed by atoms with Crippen LogP contribution in [0, 0.1) is 40.9 Å². The number of nitrogens with one attached hydrogen (secondary N) is 3. The van der Waals surface area contributed by atoms with Crippen LogP contribution in [-0.2, 0) is 62.3 Å². The van der Waals surface area contributed by atoms with E-state index in [1.807, 2.05) is 47.6 Å². The molecule has 105 heavy (non-hydrogen) atoms. The highest BCUT2D eigenvalue weighted by atomic mass is 35.5. The number of hydrogen-bond acceptors (Lipinski definition) is 13. The fourth-order valence-corrected chi connectivity index (χ4v) is 17.4. The number of halogens is 4. The first-order chi connectivity index (χ1) is 49.2. The number of hydrogen-bond donors (Lipinski definition) is 3. The Bertz CT molecular complexity index is 3100. The van der Waals surface area contributed by atoms with E-state index < -0.39 is 191 Å². The average molecular weight is 1510 g/mol. The second-order valence-corrected chi connectivity index (χ2v) is 32.8.